The largest absolute Gasteiger partial charge is 0.370 e. The highest BCUT2D eigenvalue weighted by Crippen LogP contribution is 2.38. The highest BCUT2D eigenvalue weighted by molar-refractivity contribution is 7.91. The lowest BCUT2D eigenvalue weighted by Crippen LogP contribution is -2.18. The van der Waals surface area contributed by atoms with E-state index in [-0.39, 0.29) is 11.5 Å². The van der Waals surface area contributed by atoms with E-state index in [0.717, 1.165) is 37.4 Å². The number of rotatable bonds is 9. The fourth-order valence-electron chi connectivity index (χ4n) is 1.90. The number of hydrogen-bond donors (Lipinski definition) is 2. The van der Waals surface area contributed by atoms with Crippen molar-refractivity contribution in [3.05, 3.63) is 11.9 Å². The van der Waals surface area contributed by atoms with E-state index in [1.807, 2.05) is 6.07 Å². The molecule has 21 heavy (non-hydrogen) atoms. The molecule has 1 fully saturated rings. The van der Waals surface area contributed by atoms with E-state index in [1.165, 1.54) is 0 Å². The Hall–Kier alpha value is -1.37. The van der Waals surface area contributed by atoms with Crippen LogP contribution >= 0.6 is 0 Å². The zero-order valence-electron chi connectivity index (χ0n) is 12.7. The lowest BCUT2D eigenvalue weighted by molar-refractivity contribution is 0.597. The van der Waals surface area contributed by atoms with Crippen molar-refractivity contribution in [2.45, 2.75) is 39.0 Å². The van der Waals surface area contributed by atoms with Gasteiger partial charge in [0.1, 0.15) is 17.5 Å². The summed E-state index contributed by atoms with van der Waals surface area (Å²) in [5, 5.41) is 6.37. The van der Waals surface area contributed by atoms with Crippen LogP contribution in [0.1, 0.15) is 44.9 Å². The first-order valence-corrected chi connectivity index (χ1v) is 9.43. The van der Waals surface area contributed by atoms with E-state index >= 15 is 0 Å². The second-order valence-corrected chi connectivity index (χ2v) is 7.83. The minimum absolute atomic E-state index is 0.129. The zero-order chi connectivity index (χ0) is 15.3. The number of sulfone groups is 1. The summed E-state index contributed by atoms with van der Waals surface area (Å²) in [4.78, 5) is 9.02. The normalized spacial score (nSPS) is 15.0. The average Bonchev–Trinajstić information content (AvgIpc) is 3.29. The van der Waals surface area contributed by atoms with Gasteiger partial charge in [-0.25, -0.2) is 18.4 Å². The molecule has 0 aliphatic heterocycles. The molecule has 0 aromatic carbocycles. The SMILES string of the molecule is CCCNc1cc(NCCS(=O)(=O)CC)nc(C2CC2)n1. The van der Waals surface area contributed by atoms with Crippen molar-refractivity contribution >= 4 is 21.5 Å². The molecule has 2 rings (SSSR count). The quantitative estimate of drug-likeness (QED) is 0.726. The molecule has 1 aliphatic rings. The van der Waals surface area contributed by atoms with Crippen molar-refractivity contribution in [1.82, 2.24) is 9.97 Å². The van der Waals surface area contributed by atoms with Crippen LogP contribution in [0.3, 0.4) is 0 Å². The molecule has 0 radical (unpaired) electrons. The standard InChI is InChI=1S/C14H24N4O2S/c1-3-7-15-12-10-13(16-8-9-21(19,20)4-2)18-14(17-12)11-5-6-11/h10-11H,3-9H2,1-2H3,(H2,15,16,17,18). The van der Waals surface area contributed by atoms with Gasteiger partial charge < -0.3 is 10.6 Å². The molecule has 0 bridgehead atoms. The summed E-state index contributed by atoms with van der Waals surface area (Å²) in [6, 6.07) is 1.85. The molecule has 0 unspecified atom stereocenters. The Labute approximate surface area is 126 Å². The Kier molecular flexibility index (Phi) is 5.39. The topological polar surface area (TPSA) is 84.0 Å². The minimum atomic E-state index is -2.95. The Morgan fingerprint density at radius 1 is 1.14 bits per heavy atom. The summed E-state index contributed by atoms with van der Waals surface area (Å²) < 4.78 is 23.0. The third-order valence-corrected chi connectivity index (χ3v) is 5.11. The number of aromatic nitrogens is 2. The van der Waals surface area contributed by atoms with E-state index in [9.17, 15) is 8.42 Å². The third-order valence-electron chi connectivity index (χ3n) is 3.40. The van der Waals surface area contributed by atoms with Crippen LogP contribution in [0.4, 0.5) is 11.6 Å². The van der Waals surface area contributed by atoms with Gasteiger partial charge in [0.15, 0.2) is 9.84 Å². The zero-order valence-corrected chi connectivity index (χ0v) is 13.5. The fraction of sp³-hybridized carbons (Fsp3) is 0.714. The van der Waals surface area contributed by atoms with Crippen molar-refractivity contribution in [2.75, 3.05) is 35.2 Å². The molecule has 0 amide bonds. The van der Waals surface area contributed by atoms with Crippen molar-refractivity contribution in [2.24, 2.45) is 0 Å². The summed E-state index contributed by atoms with van der Waals surface area (Å²) in [5.41, 5.74) is 0. The highest BCUT2D eigenvalue weighted by Gasteiger charge is 2.27. The van der Waals surface area contributed by atoms with Crippen LogP contribution in [0.25, 0.3) is 0 Å². The number of nitrogens with one attached hydrogen (secondary N) is 2. The predicted octanol–water partition coefficient (Wildman–Crippen LogP) is 2.02. The molecular formula is C14H24N4O2S. The van der Waals surface area contributed by atoms with Gasteiger partial charge in [-0.3, -0.25) is 0 Å². The van der Waals surface area contributed by atoms with Gasteiger partial charge in [-0.05, 0) is 19.3 Å². The van der Waals surface area contributed by atoms with Gasteiger partial charge in [-0.2, -0.15) is 0 Å². The minimum Gasteiger partial charge on any atom is -0.370 e. The Morgan fingerprint density at radius 2 is 1.76 bits per heavy atom. The third kappa shape index (κ3) is 5.15. The van der Waals surface area contributed by atoms with Gasteiger partial charge in [-0.1, -0.05) is 13.8 Å². The summed E-state index contributed by atoms with van der Waals surface area (Å²) >= 11 is 0. The average molecular weight is 312 g/mol. The van der Waals surface area contributed by atoms with E-state index in [2.05, 4.69) is 27.5 Å². The van der Waals surface area contributed by atoms with Gasteiger partial charge >= 0.3 is 0 Å². The molecule has 0 spiro atoms. The summed E-state index contributed by atoms with van der Waals surface area (Å²) in [6.45, 7) is 5.01. The van der Waals surface area contributed by atoms with Gasteiger partial charge in [0.2, 0.25) is 0 Å². The van der Waals surface area contributed by atoms with Crippen molar-refractivity contribution < 1.29 is 8.42 Å². The van der Waals surface area contributed by atoms with E-state index in [0.29, 0.717) is 18.3 Å². The van der Waals surface area contributed by atoms with Crippen LogP contribution in [0, 0.1) is 0 Å². The van der Waals surface area contributed by atoms with Crippen LogP contribution in [0.15, 0.2) is 6.07 Å². The maximum atomic E-state index is 11.5. The van der Waals surface area contributed by atoms with Crippen LogP contribution < -0.4 is 10.6 Å². The second kappa shape index (κ2) is 7.06. The highest BCUT2D eigenvalue weighted by atomic mass is 32.2. The smallest absolute Gasteiger partial charge is 0.151 e. The second-order valence-electron chi connectivity index (χ2n) is 5.36. The summed E-state index contributed by atoms with van der Waals surface area (Å²) in [6.07, 6.45) is 3.31. The molecule has 1 aliphatic carbocycles. The maximum Gasteiger partial charge on any atom is 0.151 e. The van der Waals surface area contributed by atoms with E-state index in [4.69, 9.17) is 0 Å². The number of hydrogen-bond acceptors (Lipinski definition) is 6. The monoisotopic (exact) mass is 312 g/mol. The van der Waals surface area contributed by atoms with Crippen LogP contribution in [-0.4, -0.2) is 43.0 Å². The molecule has 1 saturated carbocycles. The van der Waals surface area contributed by atoms with E-state index < -0.39 is 9.84 Å². The van der Waals surface area contributed by atoms with Gasteiger partial charge in [-0.15, -0.1) is 0 Å². The molecule has 7 heteroatoms. The molecular weight excluding hydrogens is 288 g/mol. The first-order chi connectivity index (χ1) is 10.0. The predicted molar refractivity (Wildman–Crippen MR) is 85.6 cm³/mol. The molecule has 2 N–H and O–H groups in total. The lowest BCUT2D eigenvalue weighted by atomic mass is 10.3. The fourth-order valence-corrected chi connectivity index (χ4v) is 2.60. The van der Waals surface area contributed by atoms with Crippen molar-refractivity contribution in [3.63, 3.8) is 0 Å². The van der Waals surface area contributed by atoms with Crippen molar-refractivity contribution in [3.8, 4) is 0 Å². The number of nitrogens with zero attached hydrogens (tertiary/aromatic N) is 2. The van der Waals surface area contributed by atoms with Gasteiger partial charge in [0.25, 0.3) is 0 Å². The van der Waals surface area contributed by atoms with Crippen molar-refractivity contribution in [1.29, 1.82) is 0 Å². The summed E-state index contributed by atoms with van der Waals surface area (Å²) in [5.74, 6) is 3.15. The maximum absolute atomic E-state index is 11.5. The van der Waals surface area contributed by atoms with Crippen LogP contribution in [0.2, 0.25) is 0 Å². The Balaban J connectivity index is 2.01. The molecule has 1 heterocycles. The molecule has 6 nitrogen and oxygen atoms in total. The van der Waals surface area contributed by atoms with Gasteiger partial charge in [0.05, 0.1) is 5.75 Å². The number of anilines is 2. The molecule has 0 saturated heterocycles. The molecule has 0 atom stereocenters. The van der Waals surface area contributed by atoms with Gasteiger partial charge in [0, 0.05) is 30.8 Å². The Morgan fingerprint density at radius 3 is 2.29 bits per heavy atom. The Bertz CT molecular complexity index is 570. The van der Waals surface area contributed by atoms with Crippen LogP contribution in [-0.2, 0) is 9.84 Å². The van der Waals surface area contributed by atoms with Crippen LogP contribution in [0.5, 0.6) is 0 Å². The van der Waals surface area contributed by atoms with E-state index in [1.54, 1.807) is 6.92 Å². The molecule has 1 aromatic heterocycles. The molecule has 118 valence electrons. The molecule has 1 aromatic rings. The lowest BCUT2D eigenvalue weighted by Gasteiger charge is -2.11. The first kappa shape index (κ1) is 16.0. The first-order valence-electron chi connectivity index (χ1n) is 7.61. The summed E-state index contributed by atoms with van der Waals surface area (Å²) in [7, 11) is -2.95.